The average Bonchev–Trinajstić information content (AvgIpc) is 3.89. The highest BCUT2D eigenvalue weighted by molar-refractivity contribution is 5.97. The molecule has 4 bridgehead atoms. The monoisotopic (exact) mass is 734 g/mol. The molecule has 0 saturated carbocycles. The van der Waals surface area contributed by atoms with Gasteiger partial charge in [0.05, 0.1) is 25.9 Å². The number of H-pyrrole nitrogens is 1. The third-order valence-corrected chi connectivity index (χ3v) is 9.98. The molecule has 53 heavy (non-hydrogen) atoms. The van der Waals surface area contributed by atoms with Crippen LogP contribution in [0.4, 0.5) is 0 Å². The lowest BCUT2D eigenvalue weighted by Gasteiger charge is -2.27. The molecule has 1 aromatic rings. The van der Waals surface area contributed by atoms with Crippen molar-refractivity contribution in [3.05, 3.63) is 81.8 Å². The van der Waals surface area contributed by atoms with E-state index in [4.69, 9.17) is 33.4 Å². The first-order valence-corrected chi connectivity index (χ1v) is 18.4. The lowest BCUT2D eigenvalue weighted by molar-refractivity contribution is -0.153. The number of carbonyl (C=O) groups is 3. The van der Waals surface area contributed by atoms with Gasteiger partial charge >= 0.3 is 17.9 Å². The summed E-state index contributed by atoms with van der Waals surface area (Å²) in [5.74, 6) is -1.44. The molecule has 2 fully saturated rings. The number of nitrogens with zero attached hydrogens (tertiary/aromatic N) is 1. The van der Waals surface area contributed by atoms with Crippen molar-refractivity contribution in [2.24, 2.45) is 22.2 Å². The number of esters is 3. The summed E-state index contributed by atoms with van der Waals surface area (Å²) in [6, 6.07) is 3.28. The Morgan fingerprint density at radius 3 is 2.60 bits per heavy atom. The summed E-state index contributed by atoms with van der Waals surface area (Å²) in [5, 5.41) is 10.2. The molecule has 6 unspecified atom stereocenters. The second-order valence-corrected chi connectivity index (χ2v) is 15.3. The molecule has 0 aromatic carbocycles. The van der Waals surface area contributed by atoms with Crippen LogP contribution in [0, 0.1) is 17.3 Å². The highest BCUT2D eigenvalue weighted by Crippen LogP contribution is 2.40. The van der Waals surface area contributed by atoms with Crippen LogP contribution in [-0.2, 0) is 49.2 Å². The van der Waals surface area contributed by atoms with Crippen molar-refractivity contribution in [2.45, 2.75) is 98.2 Å². The zero-order chi connectivity index (χ0) is 38.4. The minimum Gasteiger partial charge on any atom is -0.467 e. The summed E-state index contributed by atoms with van der Waals surface area (Å²) in [6.07, 6.45) is 7.71. The Balaban J connectivity index is 1.55. The van der Waals surface area contributed by atoms with Crippen LogP contribution in [0.3, 0.4) is 0 Å². The van der Waals surface area contributed by atoms with Crippen LogP contribution >= 0.6 is 0 Å². The second-order valence-electron chi connectivity index (χ2n) is 15.3. The van der Waals surface area contributed by atoms with Crippen LogP contribution in [0.15, 0.2) is 75.4 Å². The maximum atomic E-state index is 13.7. The van der Waals surface area contributed by atoms with Crippen molar-refractivity contribution >= 4 is 23.8 Å². The molecule has 12 heteroatoms. The molecule has 5 heterocycles. The molecule has 0 amide bonds. The van der Waals surface area contributed by atoms with Crippen LogP contribution in [-0.4, -0.2) is 97.9 Å². The van der Waals surface area contributed by atoms with Crippen LogP contribution in [0.25, 0.3) is 0 Å². The first kappa shape index (κ1) is 39.9. The van der Waals surface area contributed by atoms with E-state index in [0.29, 0.717) is 42.7 Å². The molecular weight excluding hydrogens is 680 g/mol. The van der Waals surface area contributed by atoms with Crippen molar-refractivity contribution in [1.82, 2.24) is 4.98 Å². The van der Waals surface area contributed by atoms with Crippen LogP contribution < -0.4 is 0 Å². The lowest BCUT2D eigenvalue weighted by atomic mass is 9.83. The van der Waals surface area contributed by atoms with E-state index in [-0.39, 0.29) is 30.6 Å². The maximum Gasteiger partial charge on any atom is 0.334 e. The van der Waals surface area contributed by atoms with Gasteiger partial charge in [0.25, 0.3) is 0 Å². The number of aromatic nitrogens is 1. The minimum atomic E-state index is -1.49. The van der Waals surface area contributed by atoms with E-state index in [9.17, 15) is 19.5 Å². The third-order valence-electron chi connectivity index (χ3n) is 9.98. The molecule has 12 nitrogen and oxygen atoms in total. The number of ether oxygens (including phenoxy) is 6. The number of hydrogen-bond donors (Lipinski definition) is 2. The number of fused-ring (bicyclic) bond motifs is 6. The fraction of sp³-hybridized carbons (Fsp3) is 0.561. The van der Waals surface area contributed by atoms with Crippen LogP contribution in [0.2, 0.25) is 0 Å². The summed E-state index contributed by atoms with van der Waals surface area (Å²) >= 11 is 0. The van der Waals surface area contributed by atoms with Gasteiger partial charge in [-0.3, -0.25) is 4.79 Å². The molecule has 2 N–H and O–H groups in total. The Labute approximate surface area is 312 Å². The topological polar surface area (TPSA) is 155 Å². The Morgan fingerprint density at radius 2 is 1.91 bits per heavy atom. The van der Waals surface area contributed by atoms with Gasteiger partial charge in [-0.05, 0) is 85.9 Å². The van der Waals surface area contributed by atoms with Gasteiger partial charge in [0.1, 0.15) is 23.8 Å². The van der Waals surface area contributed by atoms with E-state index < -0.39 is 54.3 Å². The number of hydrogen-bond acceptors (Lipinski definition) is 11. The predicted molar refractivity (Wildman–Crippen MR) is 198 cm³/mol. The van der Waals surface area contributed by atoms with Gasteiger partial charge < -0.3 is 38.5 Å². The van der Waals surface area contributed by atoms with Crippen LogP contribution in [0.5, 0.6) is 0 Å². The number of aliphatic hydroxyl groups excluding tert-OH is 1. The number of aromatic amines is 1. The van der Waals surface area contributed by atoms with E-state index in [0.717, 1.165) is 34.9 Å². The molecule has 6 atom stereocenters. The van der Waals surface area contributed by atoms with Gasteiger partial charge in [0, 0.05) is 30.9 Å². The standard InChI is InChI=1S/C41H54N2O10/c1-23(2)16-27-18-35(45)52-37-36(53-40(47)41(37,7)22-44)26(6)11-12-28-13-14-31(42-28)38-43-32(34(51-38)21-50-39(27)46)19-29-30(25(5)10-9-15-48-8)20-49-33(29)17-24(3)4/h9-11,13-14,18-19,23-24,32-34,36-37,42,44H,12,15-17,20-22H2,1-8H3. The van der Waals surface area contributed by atoms with Gasteiger partial charge in [0.15, 0.2) is 18.3 Å². The number of aliphatic hydroxyl groups is 1. The fourth-order valence-electron chi connectivity index (χ4n) is 6.91. The van der Waals surface area contributed by atoms with E-state index in [1.165, 1.54) is 6.92 Å². The fourth-order valence-corrected chi connectivity index (χ4v) is 6.91. The molecule has 4 aliphatic heterocycles. The molecule has 288 valence electrons. The Hall–Kier alpha value is -4.26. The van der Waals surface area contributed by atoms with E-state index >= 15 is 0 Å². The predicted octanol–water partition coefficient (Wildman–Crippen LogP) is 5.27. The second kappa shape index (κ2) is 17.3. The zero-order valence-corrected chi connectivity index (χ0v) is 32.1. The van der Waals surface area contributed by atoms with Gasteiger partial charge in [-0.1, -0.05) is 45.9 Å². The molecule has 1 aromatic heterocycles. The third kappa shape index (κ3) is 9.28. The number of methoxy groups -OCH3 is 1. The molecule has 0 spiro atoms. The first-order chi connectivity index (χ1) is 25.2. The summed E-state index contributed by atoms with van der Waals surface area (Å²) in [7, 11) is 1.66. The SMILES string of the molecule is COCC=CC(C)=C1COC(CC(C)C)C1=CC1N=C2OC1COC(=O)C(CC(C)C)=CC(=O)OC1C(OC(=O)C1(C)CO)C(C)=CCc1ccc2[nH]1. The molecular formula is C41H54N2O10. The normalized spacial score (nSPS) is 30.0. The average molecular weight is 735 g/mol. The number of nitrogens with one attached hydrogen (secondary N) is 1. The Morgan fingerprint density at radius 1 is 1.13 bits per heavy atom. The molecule has 5 rings (SSSR count). The quantitative estimate of drug-likeness (QED) is 0.195. The molecule has 2 saturated heterocycles. The highest BCUT2D eigenvalue weighted by Gasteiger charge is 2.57. The summed E-state index contributed by atoms with van der Waals surface area (Å²) in [6.45, 7) is 13.7. The molecule has 0 aliphatic carbocycles. The summed E-state index contributed by atoms with van der Waals surface area (Å²) < 4.78 is 35.4. The van der Waals surface area contributed by atoms with Gasteiger partial charge in [-0.2, -0.15) is 0 Å². The number of aliphatic imine (C=N–C) groups is 1. The van der Waals surface area contributed by atoms with E-state index in [1.54, 1.807) is 14.0 Å². The first-order valence-electron chi connectivity index (χ1n) is 18.4. The van der Waals surface area contributed by atoms with Crippen molar-refractivity contribution in [1.29, 1.82) is 0 Å². The number of rotatable bonds is 9. The molecule has 0 radical (unpaired) electrons. The number of cyclic esters (lactones) is 1. The van der Waals surface area contributed by atoms with Crippen LogP contribution in [0.1, 0.15) is 72.7 Å². The number of allylic oxidation sites excluding steroid dienone is 3. The van der Waals surface area contributed by atoms with Gasteiger partial charge in [-0.25, -0.2) is 14.6 Å². The van der Waals surface area contributed by atoms with Crippen molar-refractivity contribution in [3.8, 4) is 0 Å². The largest absolute Gasteiger partial charge is 0.467 e. The van der Waals surface area contributed by atoms with Crippen molar-refractivity contribution in [2.75, 3.05) is 33.5 Å². The van der Waals surface area contributed by atoms with Crippen molar-refractivity contribution < 1.29 is 47.9 Å². The summed E-state index contributed by atoms with van der Waals surface area (Å²) in [5.41, 5.74) is 3.93. The Bertz CT molecular complexity index is 1730. The zero-order valence-electron chi connectivity index (χ0n) is 32.1. The summed E-state index contributed by atoms with van der Waals surface area (Å²) in [4.78, 5) is 48.5. The lowest BCUT2D eigenvalue weighted by Crippen LogP contribution is -2.43. The molecule has 4 aliphatic rings. The highest BCUT2D eigenvalue weighted by atomic mass is 16.6. The Kier molecular flexibility index (Phi) is 13.0. The van der Waals surface area contributed by atoms with Gasteiger partial charge in [0.2, 0.25) is 5.90 Å². The minimum absolute atomic E-state index is 0.000324. The van der Waals surface area contributed by atoms with Crippen molar-refractivity contribution in [3.63, 3.8) is 0 Å². The van der Waals surface area contributed by atoms with E-state index in [1.807, 2.05) is 44.2 Å². The maximum absolute atomic E-state index is 13.7. The van der Waals surface area contributed by atoms with E-state index in [2.05, 4.69) is 31.8 Å². The van der Waals surface area contributed by atoms with Gasteiger partial charge in [-0.15, -0.1) is 0 Å². The smallest absolute Gasteiger partial charge is 0.334 e. The number of carbonyl (C=O) groups excluding carboxylic acids is 3.